The van der Waals surface area contributed by atoms with Gasteiger partial charge in [0.05, 0.1) is 24.5 Å². The minimum Gasteiger partial charge on any atom is -0.459 e. The zero-order valence-electron chi connectivity index (χ0n) is 24.0. The number of carbonyl (C=O) groups is 4. The van der Waals surface area contributed by atoms with Crippen molar-refractivity contribution in [1.29, 1.82) is 0 Å². The third kappa shape index (κ3) is 3.73. The van der Waals surface area contributed by atoms with Crippen LogP contribution in [-0.2, 0) is 42.9 Å². The zero-order chi connectivity index (χ0) is 29.5. The van der Waals surface area contributed by atoms with Crippen molar-refractivity contribution in [3.63, 3.8) is 0 Å². The number of fused-ring (bicyclic) bond motifs is 2. The van der Waals surface area contributed by atoms with Crippen LogP contribution in [0.4, 0.5) is 0 Å². The molecular formula is C29H40O11. The molecular weight excluding hydrogens is 524 g/mol. The molecule has 5 aliphatic rings. The number of hydrogen-bond acceptors (Lipinski definition) is 11. The summed E-state index contributed by atoms with van der Waals surface area (Å²) in [6, 6.07) is 0. The molecule has 2 saturated heterocycles. The van der Waals surface area contributed by atoms with Gasteiger partial charge in [0.2, 0.25) is 6.10 Å². The molecule has 2 saturated carbocycles. The molecule has 0 aromatic heterocycles. The van der Waals surface area contributed by atoms with E-state index < -0.39 is 94.7 Å². The predicted molar refractivity (Wildman–Crippen MR) is 136 cm³/mol. The van der Waals surface area contributed by atoms with Crippen LogP contribution in [0.5, 0.6) is 0 Å². The maximum Gasteiger partial charge on any atom is 0.348 e. The lowest BCUT2D eigenvalue weighted by Gasteiger charge is -2.68. The minimum atomic E-state index is -1.40. The van der Waals surface area contributed by atoms with E-state index in [1.807, 2.05) is 20.8 Å². The fraction of sp³-hybridized carbons (Fsp3) is 0.793. The topological polar surface area (TPSA) is 155 Å². The quantitative estimate of drug-likeness (QED) is 0.283. The molecule has 0 aromatic carbocycles. The fourth-order valence-corrected chi connectivity index (χ4v) is 8.86. The minimum absolute atomic E-state index is 0.0129. The average Bonchev–Trinajstić information content (AvgIpc) is 3.13. The summed E-state index contributed by atoms with van der Waals surface area (Å²) in [5.74, 6) is -5.07. The molecule has 11 nitrogen and oxygen atoms in total. The Hall–Kier alpha value is -2.50. The number of aliphatic hydroxyl groups excluding tert-OH is 2. The van der Waals surface area contributed by atoms with Crippen molar-refractivity contribution in [3.8, 4) is 0 Å². The third-order valence-corrected chi connectivity index (χ3v) is 10.7. The van der Waals surface area contributed by atoms with Crippen molar-refractivity contribution in [2.45, 2.75) is 104 Å². The first-order chi connectivity index (χ1) is 18.6. The average molecular weight is 565 g/mol. The summed E-state index contributed by atoms with van der Waals surface area (Å²) in [7, 11) is 0. The van der Waals surface area contributed by atoms with Gasteiger partial charge < -0.3 is 33.9 Å². The summed E-state index contributed by atoms with van der Waals surface area (Å²) >= 11 is 0. The lowest BCUT2D eigenvalue weighted by Crippen LogP contribution is -2.79. The molecule has 0 amide bonds. The lowest BCUT2D eigenvalue weighted by molar-refractivity contribution is -0.305. The van der Waals surface area contributed by atoms with Crippen LogP contribution in [0, 0.1) is 34.5 Å². The van der Waals surface area contributed by atoms with Crippen molar-refractivity contribution in [2.24, 2.45) is 34.5 Å². The first-order valence-electron chi connectivity index (χ1n) is 14.1. The van der Waals surface area contributed by atoms with Crippen LogP contribution in [0.2, 0.25) is 0 Å². The Bertz CT molecular complexity index is 1150. The van der Waals surface area contributed by atoms with Gasteiger partial charge in [-0.2, -0.15) is 0 Å². The van der Waals surface area contributed by atoms with E-state index in [2.05, 4.69) is 0 Å². The highest BCUT2D eigenvalue weighted by atomic mass is 16.6. The normalized spacial score (nSPS) is 47.6. The van der Waals surface area contributed by atoms with Gasteiger partial charge in [0.15, 0.2) is 6.10 Å². The van der Waals surface area contributed by atoms with Crippen LogP contribution in [0.1, 0.15) is 61.3 Å². The van der Waals surface area contributed by atoms with E-state index in [-0.39, 0.29) is 12.5 Å². The van der Waals surface area contributed by atoms with E-state index in [4.69, 9.17) is 23.7 Å². The van der Waals surface area contributed by atoms with Gasteiger partial charge in [-0.1, -0.05) is 26.3 Å². The molecule has 7 unspecified atom stereocenters. The van der Waals surface area contributed by atoms with Crippen LogP contribution in [0.15, 0.2) is 11.6 Å². The highest BCUT2D eigenvalue weighted by molar-refractivity contribution is 5.82. The molecule has 13 atom stereocenters. The Morgan fingerprint density at radius 3 is 2.35 bits per heavy atom. The van der Waals surface area contributed by atoms with Crippen LogP contribution in [-0.4, -0.2) is 82.9 Å². The molecule has 5 rings (SSSR count). The molecule has 222 valence electrons. The third-order valence-electron chi connectivity index (χ3n) is 10.7. The van der Waals surface area contributed by atoms with Crippen LogP contribution < -0.4 is 0 Å². The number of esters is 4. The number of carbonyl (C=O) groups excluding carboxylic acids is 4. The standard InChI is InChI=1S/C29H40O11/c1-8-12(2)25(34)40-20-22-28(7)24(38-15(5)31)19(32)21-27(6)16(13(3)9-17(23(27)33)37-14(4)30)10-18(39-26(20)35)29(21,22)11-36-28/h9,12,16-24,32-33H,8,10-11H2,1-7H3/t12?,16?,17-,18?,19?,20?,21?,22?,23+,24+,27-,28-,29+/m0/s1. The number of ether oxygens (including phenoxy) is 5. The molecule has 4 fully saturated rings. The van der Waals surface area contributed by atoms with Crippen LogP contribution >= 0.6 is 0 Å². The highest BCUT2D eigenvalue weighted by Crippen LogP contribution is 2.73. The van der Waals surface area contributed by atoms with E-state index in [1.54, 1.807) is 19.9 Å². The molecule has 0 radical (unpaired) electrons. The van der Waals surface area contributed by atoms with Gasteiger partial charge in [-0.05, 0) is 38.7 Å². The first kappa shape index (κ1) is 29.0. The fourth-order valence-electron chi connectivity index (χ4n) is 8.86. The summed E-state index contributed by atoms with van der Waals surface area (Å²) in [5.41, 5.74) is -2.81. The van der Waals surface area contributed by atoms with Gasteiger partial charge in [0, 0.05) is 30.6 Å². The lowest BCUT2D eigenvalue weighted by atomic mass is 9.38. The maximum atomic E-state index is 13.6. The predicted octanol–water partition coefficient (Wildman–Crippen LogP) is 1.46. The van der Waals surface area contributed by atoms with Crippen molar-refractivity contribution in [1.82, 2.24) is 0 Å². The number of allylic oxidation sites excluding steroid dienone is 1. The smallest absolute Gasteiger partial charge is 0.348 e. The highest BCUT2D eigenvalue weighted by Gasteiger charge is 2.83. The van der Waals surface area contributed by atoms with Crippen molar-refractivity contribution < 1.29 is 53.1 Å². The molecule has 0 aromatic rings. The summed E-state index contributed by atoms with van der Waals surface area (Å²) in [6.45, 7) is 11.4. The van der Waals surface area contributed by atoms with Crippen molar-refractivity contribution >= 4 is 23.9 Å². The molecule has 40 heavy (non-hydrogen) atoms. The zero-order valence-corrected chi connectivity index (χ0v) is 24.0. The van der Waals surface area contributed by atoms with Gasteiger partial charge in [0.1, 0.15) is 23.9 Å². The number of rotatable bonds is 5. The molecule has 3 aliphatic carbocycles. The van der Waals surface area contributed by atoms with Crippen LogP contribution in [0.25, 0.3) is 0 Å². The number of hydrogen-bond donors (Lipinski definition) is 2. The molecule has 11 heteroatoms. The van der Waals surface area contributed by atoms with Gasteiger partial charge >= 0.3 is 23.9 Å². The number of aliphatic hydroxyl groups is 2. The second kappa shape index (κ2) is 9.52. The van der Waals surface area contributed by atoms with E-state index in [9.17, 15) is 29.4 Å². The van der Waals surface area contributed by atoms with E-state index in [0.717, 1.165) is 5.57 Å². The summed E-state index contributed by atoms with van der Waals surface area (Å²) in [6.07, 6.45) is -4.41. The Morgan fingerprint density at radius 2 is 1.75 bits per heavy atom. The van der Waals surface area contributed by atoms with Crippen molar-refractivity contribution in [3.05, 3.63) is 11.6 Å². The second-order valence-electron chi connectivity index (χ2n) is 12.7. The van der Waals surface area contributed by atoms with Gasteiger partial charge in [-0.3, -0.25) is 14.4 Å². The van der Waals surface area contributed by atoms with Gasteiger partial charge in [-0.15, -0.1) is 0 Å². The molecule has 2 bridgehead atoms. The Balaban J connectivity index is 1.71. The van der Waals surface area contributed by atoms with Crippen molar-refractivity contribution in [2.75, 3.05) is 6.61 Å². The summed E-state index contributed by atoms with van der Waals surface area (Å²) in [5, 5.41) is 24.0. The second-order valence-corrected chi connectivity index (χ2v) is 12.7. The molecule has 1 spiro atoms. The molecule has 2 heterocycles. The van der Waals surface area contributed by atoms with E-state index in [0.29, 0.717) is 12.8 Å². The molecule has 2 aliphatic heterocycles. The first-order valence-corrected chi connectivity index (χ1v) is 14.1. The SMILES string of the molecule is CCC(C)C(=O)OC1C(=O)OC2CC3C(C)=C[C@H](OC(C)=O)[C@@H](O)[C@]3(C)C3C(O)[C@@H](OC(C)=O)[C@@]4(C)OC[C@@]23C14. The van der Waals surface area contributed by atoms with E-state index >= 15 is 0 Å². The Morgan fingerprint density at radius 1 is 1.10 bits per heavy atom. The Kier molecular flexibility index (Phi) is 6.91. The Labute approximate surface area is 233 Å². The van der Waals surface area contributed by atoms with Gasteiger partial charge in [0.25, 0.3) is 0 Å². The summed E-state index contributed by atoms with van der Waals surface area (Å²) in [4.78, 5) is 50.8. The molecule has 2 N–H and O–H groups in total. The summed E-state index contributed by atoms with van der Waals surface area (Å²) < 4.78 is 29.5. The van der Waals surface area contributed by atoms with E-state index in [1.165, 1.54) is 13.8 Å². The van der Waals surface area contributed by atoms with Gasteiger partial charge in [-0.25, -0.2) is 4.79 Å². The van der Waals surface area contributed by atoms with Crippen LogP contribution in [0.3, 0.4) is 0 Å². The maximum absolute atomic E-state index is 13.6. The monoisotopic (exact) mass is 564 g/mol. The largest absolute Gasteiger partial charge is 0.459 e.